The van der Waals surface area contributed by atoms with Crippen molar-refractivity contribution in [3.63, 3.8) is 0 Å². The van der Waals surface area contributed by atoms with Gasteiger partial charge in [-0.05, 0) is 72.1 Å². The molecule has 2 aliphatic rings. The summed E-state index contributed by atoms with van der Waals surface area (Å²) in [7, 11) is 0. The van der Waals surface area contributed by atoms with Gasteiger partial charge in [0.15, 0.2) is 23.0 Å². The Hall–Kier alpha value is -3.33. The van der Waals surface area contributed by atoms with Crippen LogP contribution in [0.3, 0.4) is 0 Å². The maximum absolute atomic E-state index is 13.2. The Balaban J connectivity index is 1.37. The monoisotopic (exact) mass is 571 g/mol. The third-order valence-corrected chi connectivity index (χ3v) is 7.55. The van der Waals surface area contributed by atoms with E-state index in [-0.39, 0.29) is 18.2 Å². The van der Waals surface area contributed by atoms with Gasteiger partial charge in [0.05, 0.1) is 23.1 Å². The number of ether oxygens (including phenoxy) is 4. The number of thioether (sulfide) groups is 1. The van der Waals surface area contributed by atoms with Gasteiger partial charge in [-0.2, -0.15) is 0 Å². The summed E-state index contributed by atoms with van der Waals surface area (Å²) in [4.78, 5) is 27.3. The van der Waals surface area contributed by atoms with Crippen molar-refractivity contribution in [3.8, 4) is 23.0 Å². The Kier molecular flexibility index (Phi) is 7.74. The molecule has 3 aromatic carbocycles. The van der Waals surface area contributed by atoms with Crippen molar-refractivity contribution in [3.05, 3.63) is 85.7 Å². The van der Waals surface area contributed by atoms with Crippen molar-refractivity contribution in [2.75, 3.05) is 13.4 Å². The first kappa shape index (κ1) is 26.3. The van der Waals surface area contributed by atoms with Gasteiger partial charge < -0.3 is 18.9 Å². The predicted molar refractivity (Wildman–Crippen MR) is 147 cm³/mol. The van der Waals surface area contributed by atoms with Gasteiger partial charge in [-0.3, -0.25) is 14.5 Å². The zero-order valence-electron chi connectivity index (χ0n) is 20.6. The summed E-state index contributed by atoms with van der Waals surface area (Å²) >= 11 is 13.8. The van der Waals surface area contributed by atoms with Gasteiger partial charge in [0.25, 0.3) is 11.1 Å². The van der Waals surface area contributed by atoms with Gasteiger partial charge in [-0.15, -0.1) is 0 Å². The smallest absolute Gasteiger partial charge is 0.293 e. The van der Waals surface area contributed by atoms with Crippen molar-refractivity contribution in [2.45, 2.75) is 27.0 Å². The number of benzene rings is 3. The third kappa shape index (κ3) is 5.43. The average Bonchev–Trinajstić information content (AvgIpc) is 3.44. The molecule has 0 radical (unpaired) electrons. The Morgan fingerprint density at radius 2 is 1.76 bits per heavy atom. The molecule has 2 aliphatic heterocycles. The molecular formula is C28H23Cl2NO6S. The van der Waals surface area contributed by atoms with Crippen LogP contribution in [0.2, 0.25) is 10.0 Å². The summed E-state index contributed by atoms with van der Waals surface area (Å²) in [6.45, 7) is 4.70. The fraction of sp³-hybridized carbons (Fsp3) is 0.214. The molecule has 0 saturated carbocycles. The summed E-state index contributed by atoms with van der Waals surface area (Å²) in [5.74, 6) is 1.49. The van der Waals surface area contributed by atoms with E-state index in [0.717, 1.165) is 27.8 Å². The highest BCUT2D eigenvalue weighted by Gasteiger charge is 2.36. The first-order chi connectivity index (χ1) is 18.3. The minimum Gasteiger partial charge on any atom is -0.490 e. The van der Waals surface area contributed by atoms with Gasteiger partial charge in [-0.1, -0.05) is 47.5 Å². The first-order valence-corrected chi connectivity index (χ1v) is 13.4. The number of carbonyl (C=O) groups is 2. The molecule has 2 amide bonds. The van der Waals surface area contributed by atoms with E-state index in [1.165, 1.54) is 0 Å². The maximum atomic E-state index is 13.2. The lowest BCUT2D eigenvalue weighted by Crippen LogP contribution is -2.27. The number of hydrogen-bond acceptors (Lipinski definition) is 7. The molecule has 196 valence electrons. The number of carbonyl (C=O) groups excluding carboxylic acids is 2. The lowest BCUT2D eigenvalue weighted by atomic mass is 10.1. The van der Waals surface area contributed by atoms with E-state index in [2.05, 4.69) is 0 Å². The lowest BCUT2D eigenvalue weighted by molar-refractivity contribution is -0.123. The van der Waals surface area contributed by atoms with Crippen LogP contribution in [0.1, 0.15) is 29.2 Å². The number of amides is 2. The van der Waals surface area contributed by atoms with Crippen LogP contribution in [-0.2, 0) is 17.9 Å². The topological polar surface area (TPSA) is 74.3 Å². The molecule has 0 aliphatic carbocycles. The van der Waals surface area contributed by atoms with E-state index in [1.54, 1.807) is 30.3 Å². The van der Waals surface area contributed by atoms with E-state index in [9.17, 15) is 9.59 Å². The zero-order valence-corrected chi connectivity index (χ0v) is 22.9. The number of rotatable bonds is 8. The molecule has 10 heteroatoms. The van der Waals surface area contributed by atoms with E-state index in [1.807, 2.05) is 38.1 Å². The second-order valence-electron chi connectivity index (χ2n) is 8.54. The molecule has 0 unspecified atom stereocenters. The predicted octanol–water partition coefficient (Wildman–Crippen LogP) is 7.24. The van der Waals surface area contributed by atoms with Crippen LogP contribution >= 0.6 is 35.0 Å². The summed E-state index contributed by atoms with van der Waals surface area (Å²) in [5, 5.41) is 0.318. The number of fused-ring (bicyclic) bond motifs is 1. The average molecular weight is 572 g/mol. The van der Waals surface area contributed by atoms with E-state index < -0.39 is 11.1 Å². The molecule has 1 saturated heterocycles. The van der Waals surface area contributed by atoms with Crippen molar-refractivity contribution in [1.82, 2.24) is 4.90 Å². The molecule has 0 atom stereocenters. The second-order valence-corrected chi connectivity index (χ2v) is 10.4. The van der Waals surface area contributed by atoms with Crippen LogP contribution in [0, 0.1) is 6.92 Å². The van der Waals surface area contributed by atoms with Crippen LogP contribution in [0.25, 0.3) is 6.08 Å². The van der Waals surface area contributed by atoms with Gasteiger partial charge in [0, 0.05) is 11.1 Å². The SMILES string of the molecule is CCOc1cc(/C=C2\SC(=O)N(Cc3cc4c(cc3Cl)OCO4)C2=O)cc(Cl)c1OCc1ccccc1C. The fourth-order valence-corrected chi connectivity index (χ4v) is 5.36. The van der Waals surface area contributed by atoms with Crippen LogP contribution in [0.5, 0.6) is 23.0 Å². The van der Waals surface area contributed by atoms with Gasteiger partial charge in [0.2, 0.25) is 6.79 Å². The molecule has 2 heterocycles. The Morgan fingerprint density at radius 1 is 1.00 bits per heavy atom. The third-order valence-electron chi connectivity index (χ3n) is 6.01. The van der Waals surface area contributed by atoms with Crippen LogP contribution in [0.4, 0.5) is 4.79 Å². The number of aryl methyl sites for hydroxylation is 1. The quantitative estimate of drug-likeness (QED) is 0.264. The zero-order chi connectivity index (χ0) is 26.8. The number of halogens is 2. The van der Waals surface area contributed by atoms with Crippen molar-refractivity contribution >= 4 is 52.2 Å². The van der Waals surface area contributed by atoms with Gasteiger partial charge in [-0.25, -0.2) is 0 Å². The number of hydrogen-bond donors (Lipinski definition) is 0. The lowest BCUT2D eigenvalue weighted by Gasteiger charge is -2.15. The molecule has 7 nitrogen and oxygen atoms in total. The highest BCUT2D eigenvalue weighted by Crippen LogP contribution is 2.41. The fourth-order valence-electron chi connectivity index (χ4n) is 4.03. The van der Waals surface area contributed by atoms with Crippen molar-refractivity contribution in [2.24, 2.45) is 0 Å². The molecule has 0 aromatic heterocycles. The van der Waals surface area contributed by atoms with Gasteiger partial charge >= 0.3 is 0 Å². The van der Waals surface area contributed by atoms with Crippen LogP contribution in [-0.4, -0.2) is 29.4 Å². The summed E-state index contributed by atoms with van der Waals surface area (Å²) in [6, 6.07) is 14.6. The molecule has 3 aromatic rings. The highest BCUT2D eigenvalue weighted by molar-refractivity contribution is 8.18. The summed E-state index contributed by atoms with van der Waals surface area (Å²) in [5.41, 5.74) is 3.33. The maximum Gasteiger partial charge on any atom is 0.293 e. The Bertz CT molecular complexity index is 1460. The molecule has 1 fully saturated rings. The van der Waals surface area contributed by atoms with E-state index in [4.69, 9.17) is 42.1 Å². The molecule has 0 N–H and O–H groups in total. The molecule has 0 bridgehead atoms. The summed E-state index contributed by atoms with van der Waals surface area (Å²) in [6.07, 6.45) is 1.62. The standard InChI is InChI=1S/C28H23Cl2NO6S/c1-3-34-24-9-17(8-21(30)26(24)35-14-18-7-5-4-6-16(18)2)10-25-27(32)31(28(33)38-25)13-19-11-22-23(12-20(19)29)37-15-36-22/h4-12H,3,13-15H2,1-2H3/b25-10-. The van der Waals surface area contributed by atoms with E-state index >= 15 is 0 Å². The van der Waals surface area contributed by atoms with Crippen molar-refractivity contribution < 1.29 is 28.5 Å². The molecule has 5 rings (SSSR count). The van der Waals surface area contributed by atoms with Crippen LogP contribution in [0.15, 0.2) is 53.4 Å². The number of nitrogens with zero attached hydrogens (tertiary/aromatic N) is 1. The normalized spacial score (nSPS) is 15.5. The molecule has 0 spiro atoms. The van der Waals surface area contributed by atoms with Crippen molar-refractivity contribution in [1.29, 1.82) is 0 Å². The number of imide groups is 1. The van der Waals surface area contributed by atoms with Crippen LogP contribution < -0.4 is 18.9 Å². The van der Waals surface area contributed by atoms with Gasteiger partial charge in [0.1, 0.15) is 6.61 Å². The Morgan fingerprint density at radius 3 is 2.53 bits per heavy atom. The molecular weight excluding hydrogens is 549 g/mol. The van der Waals surface area contributed by atoms with E-state index in [0.29, 0.717) is 57.4 Å². The minimum absolute atomic E-state index is 0.00805. The molecule has 38 heavy (non-hydrogen) atoms. The largest absolute Gasteiger partial charge is 0.490 e. The summed E-state index contributed by atoms with van der Waals surface area (Å²) < 4.78 is 22.5. The highest BCUT2D eigenvalue weighted by atomic mass is 35.5. The minimum atomic E-state index is -0.428. The first-order valence-electron chi connectivity index (χ1n) is 11.8. The second kappa shape index (κ2) is 11.2. The Labute approximate surface area is 234 Å².